The van der Waals surface area contributed by atoms with Crippen LogP contribution in [0.2, 0.25) is 5.28 Å². The van der Waals surface area contributed by atoms with Gasteiger partial charge >= 0.3 is 6.01 Å². The molecule has 1 rings (SSSR count). The molecule has 0 bridgehead atoms. The van der Waals surface area contributed by atoms with E-state index in [0.29, 0.717) is 19.0 Å². The van der Waals surface area contributed by atoms with Crippen LogP contribution in [0.3, 0.4) is 0 Å². The van der Waals surface area contributed by atoms with E-state index in [1.807, 2.05) is 13.8 Å². The third-order valence-electron chi connectivity index (χ3n) is 1.93. The van der Waals surface area contributed by atoms with E-state index in [2.05, 4.69) is 20.3 Å². The van der Waals surface area contributed by atoms with Gasteiger partial charge in [-0.2, -0.15) is 15.0 Å². The summed E-state index contributed by atoms with van der Waals surface area (Å²) in [4.78, 5) is 11.8. The molecule has 0 saturated carbocycles. The summed E-state index contributed by atoms with van der Waals surface area (Å²) < 4.78 is 5.15. The van der Waals surface area contributed by atoms with Crippen molar-refractivity contribution >= 4 is 17.5 Å². The van der Waals surface area contributed by atoms with E-state index >= 15 is 0 Å². The van der Waals surface area contributed by atoms with E-state index in [0.717, 1.165) is 0 Å². The Kier molecular flexibility index (Phi) is 5.37. The number of aromatic nitrogens is 3. The van der Waals surface area contributed by atoms with Gasteiger partial charge in [-0.05, 0) is 38.8 Å². The topological polar surface area (TPSA) is 80.2 Å². The number of hydrogen-bond donors (Lipinski definition) is 2. The molecule has 0 amide bonds. The van der Waals surface area contributed by atoms with Crippen LogP contribution < -0.4 is 10.1 Å². The molecule has 2 atom stereocenters. The molecule has 0 spiro atoms. The molecule has 0 fully saturated rings. The third kappa shape index (κ3) is 5.14. The molecule has 7 heteroatoms. The Labute approximate surface area is 105 Å². The highest BCUT2D eigenvalue weighted by Crippen LogP contribution is 2.13. The highest BCUT2D eigenvalue weighted by Gasteiger charge is 2.10. The van der Waals surface area contributed by atoms with Crippen LogP contribution in [0, 0.1) is 0 Å². The minimum absolute atomic E-state index is 0.0305. The second-order valence-electron chi connectivity index (χ2n) is 3.77. The number of halogens is 1. The zero-order chi connectivity index (χ0) is 12.8. The summed E-state index contributed by atoms with van der Waals surface area (Å²) in [6, 6.07) is 0.224. The highest BCUT2D eigenvalue weighted by molar-refractivity contribution is 6.28. The molecule has 0 aromatic carbocycles. The SMILES string of the molecule is CCOc1nc(Cl)nc(NC(C)CC(C)O)n1. The zero-order valence-electron chi connectivity index (χ0n) is 10.1. The fourth-order valence-electron chi connectivity index (χ4n) is 1.38. The Balaban J connectivity index is 2.69. The van der Waals surface area contributed by atoms with Crippen molar-refractivity contribution in [2.24, 2.45) is 0 Å². The Morgan fingerprint density at radius 2 is 2.06 bits per heavy atom. The first kappa shape index (κ1) is 13.9. The predicted octanol–water partition coefficient (Wildman–Crippen LogP) is 1.49. The number of nitrogens with one attached hydrogen (secondary N) is 1. The Bertz CT molecular complexity index is 362. The van der Waals surface area contributed by atoms with Gasteiger partial charge in [0, 0.05) is 6.04 Å². The lowest BCUT2D eigenvalue weighted by Crippen LogP contribution is -2.22. The van der Waals surface area contributed by atoms with E-state index in [4.69, 9.17) is 16.3 Å². The molecule has 2 unspecified atom stereocenters. The van der Waals surface area contributed by atoms with Crippen molar-refractivity contribution in [2.45, 2.75) is 39.3 Å². The lowest BCUT2D eigenvalue weighted by molar-refractivity contribution is 0.179. The highest BCUT2D eigenvalue weighted by atomic mass is 35.5. The zero-order valence-corrected chi connectivity index (χ0v) is 10.9. The summed E-state index contributed by atoms with van der Waals surface area (Å²) >= 11 is 5.74. The summed E-state index contributed by atoms with van der Waals surface area (Å²) in [6.45, 7) is 5.94. The number of aliphatic hydroxyl groups excluding tert-OH is 1. The Hall–Kier alpha value is -1.14. The average Bonchev–Trinajstić information content (AvgIpc) is 2.14. The standard InChI is InChI=1S/C10H17ClN4O2/c1-4-17-10-14-8(11)13-9(15-10)12-6(2)5-7(3)16/h6-7,16H,4-5H2,1-3H3,(H,12,13,14,15). The van der Waals surface area contributed by atoms with Crippen molar-refractivity contribution in [3.8, 4) is 6.01 Å². The van der Waals surface area contributed by atoms with Crippen molar-refractivity contribution < 1.29 is 9.84 Å². The molecule has 0 radical (unpaired) electrons. The van der Waals surface area contributed by atoms with Gasteiger partial charge in [-0.3, -0.25) is 0 Å². The fraction of sp³-hybridized carbons (Fsp3) is 0.700. The van der Waals surface area contributed by atoms with Gasteiger partial charge in [0.25, 0.3) is 0 Å². The summed E-state index contributed by atoms with van der Waals surface area (Å²) in [5.41, 5.74) is 0. The monoisotopic (exact) mass is 260 g/mol. The largest absolute Gasteiger partial charge is 0.464 e. The Morgan fingerprint density at radius 1 is 1.35 bits per heavy atom. The molecule has 0 aliphatic heterocycles. The molecule has 17 heavy (non-hydrogen) atoms. The molecule has 6 nitrogen and oxygen atoms in total. The molecule has 1 aromatic rings. The first-order chi connectivity index (χ1) is 8.01. The van der Waals surface area contributed by atoms with Gasteiger partial charge in [0.05, 0.1) is 12.7 Å². The molecule has 96 valence electrons. The van der Waals surface area contributed by atoms with Crippen LogP contribution in [0.15, 0.2) is 0 Å². The first-order valence-corrected chi connectivity index (χ1v) is 5.88. The average molecular weight is 261 g/mol. The third-order valence-corrected chi connectivity index (χ3v) is 2.10. The van der Waals surface area contributed by atoms with E-state index in [1.54, 1.807) is 6.92 Å². The molecule has 2 N–H and O–H groups in total. The minimum Gasteiger partial charge on any atom is -0.464 e. The van der Waals surface area contributed by atoms with Gasteiger partial charge < -0.3 is 15.2 Å². The van der Waals surface area contributed by atoms with Crippen LogP contribution in [0.25, 0.3) is 0 Å². The summed E-state index contributed by atoms with van der Waals surface area (Å²) in [6.07, 6.45) is 0.203. The van der Waals surface area contributed by atoms with Crippen molar-refractivity contribution in [2.75, 3.05) is 11.9 Å². The van der Waals surface area contributed by atoms with E-state index in [-0.39, 0.29) is 23.4 Å². The van der Waals surface area contributed by atoms with E-state index < -0.39 is 0 Å². The van der Waals surface area contributed by atoms with Crippen molar-refractivity contribution in [3.05, 3.63) is 5.28 Å². The smallest absolute Gasteiger partial charge is 0.322 e. The Morgan fingerprint density at radius 3 is 2.65 bits per heavy atom. The minimum atomic E-state index is -0.388. The van der Waals surface area contributed by atoms with Gasteiger partial charge in [0.2, 0.25) is 11.2 Å². The number of hydrogen-bond acceptors (Lipinski definition) is 6. The maximum Gasteiger partial charge on any atom is 0.322 e. The molecule has 0 aliphatic rings. The van der Waals surface area contributed by atoms with Crippen LogP contribution in [0.1, 0.15) is 27.2 Å². The summed E-state index contributed by atoms with van der Waals surface area (Å²) in [5.74, 6) is 0.349. The lowest BCUT2D eigenvalue weighted by atomic mass is 10.2. The normalized spacial score (nSPS) is 14.2. The van der Waals surface area contributed by atoms with E-state index in [1.165, 1.54) is 0 Å². The van der Waals surface area contributed by atoms with Crippen LogP contribution in [-0.4, -0.2) is 38.8 Å². The molecule has 0 aliphatic carbocycles. The first-order valence-electron chi connectivity index (χ1n) is 5.50. The molecule has 1 heterocycles. The lowest BCUT2D eigenvalue weighted by Gasteiger charge is -2.15. The van der Waals surface area contributed by atoms with Crippen molar-refractivity contribution in [1.82, 2.24) is 15.0 Å². The van der Waals surface area contributed by atoms with Crippen LogP contribution in [0.5, 0.6) is 6.01 Å². The van der Waals surface area contributed by atoms with Gasteiger partial charge in [0.1, 0.15) is 0 Å². The van der Waals surface area contributed by atoms with E-state index in [9.17, 15) is 5.11 Å². The second-order valence-corrected chi connectivity index (χ2v) is 4.11. The summed E-state index contributed by atoms with van der Waals surface area (Å²) in [7, 11) is 0. The predicted molar refractivity (Wildman–Crippen MR) is 65.4 cm³/mol. The van der Waals surface area contributed by atoms with Gasteiger partial charge in [-0.25, -0.2) is 0 Å². The van der Waals surface area contributed by atoms with Crippen LogP contribution in [-0.2, 0) is 0 Å². The summed E-state index contributed by atoms with van der Waals surface area (Å²) in [5, 5.41) is 12.4. The quantitative estimate of drug-likeness (QED) is 0.807. The number of ether oxygens (including phenoxy) is 1. The maximum atomic E-state index is 9.25. The van der Waals surface area contributed by atoms with Gasteiger partial charge in [-0.15, -0.1) is 0 Å². The van der Waals surface area contributed by atoms with Gasteiger partial charge in [-0.1, -0.05) is 0 Å². The molecular formula is C10H17ClN4O2. The number of anilines is 1. The number of aliphatic hydroxyl groups is 1. The van der Waals surface area contributed by atoms with Crippen LogP contribution in [0.4, 0.5) is 5.95 Å². The maximum absolute atomic E-state index is 9.25. The van der Waals surface area contributed by atoms with Gasteiger partial charge in [0.15, 0.2) is 0 Å². The second kappa shape index (κ2) is 6.56. The van der Waals surface area contributed by atoms with Crippen molar-refractivity contribution in [1.29, 1.82) is 0 Å². The van der Waals surface area contributed by atoms with Crippen LogP contribution >= 0.6 is 11.6 Å². The number of rotatable bonds is 6. The van der Waals surface area contributed by atoms with Crippen molar-refractivity contribution in [3.63, 3.8) is 0 Å². The molecule has 1 aromatic heterocycles. The number of nitrogens with zero attached hydrogens (tertiary/aromatic N) is 3. The molecule has 0 saturated heterocycles. The fourth-order valence-corrected chi connectivity index (χ4v) is 1.53. The molecular weight excluding hydrogens is 244 g/mol.